The number of carboxylic acids is 1. The van der Waals surface area contributed by atoms with Crippen molar-refractivity contribution < 1.29 is 14.7 Å². The molecule has 8 nitrogen and oxygen atoms in total. The summed E-state index contributed by atoms with van der Waals surface area (Å²) in [4.78, 5) is 22.7. The first-order valence-corrected chi connectivity index (χ1v) is 6.12. The zero-order chi connectivity index (χ0) is 15.0. The van der Waals surface area contributed by atoms with Gasteiger partial charge in [-0.2, -0.15) is 0 Å². The first kappa shape index (κ1) is 17.2. The van der Waals surface area contributed by atoms with Crippen LogP contribution in [0.15, 0.2) is 0 Å². The van der Waals surface area contributed by atoms with Crippen molar-refractivity contribution in [1.29, 1.82) is 5.41 Å². The number of aliphatic carboxylic acids is 1. The molecule has 0 aromatic carbocycles. The molecule has 0 aromatic rings. The van der Waals surface area contributed by atoms with Crippen LogP contribution in [0.3, 0.4) is 0 Å². The molecule has 0 saturated carbocycles. The standard InChI is InChI=1S/C11H23N5O3/c1-6(2)8(12)9(17)16-7(10(18)19)4-3-5-15-11(13)14/h6-8H,3-5,12H2,1-2H3,(H,16,17)(H,18,19)(H4,13,14,15)/t7-,8-/m0/s1. The Bertz CT molecular complexity index is 332. The molecule has 19 heavy (non-hydrogen) atoms. The van der Waals surface area contributed by atoms with Crippen molar-refractivity contribution in [2.45, 2.75) is 38.8 Å². The third kappa shape index (κ3) is 7.24. The van der Waals surface area contributed by atoms with E-state index in [2.05, 4.69) is 10.6 Å². The predicted molar refractivity (Wildman–Crippen MR) is 71.5 cm³/mol. The highest BCUT2D eigenvalue weighted by Gasteiger charge is 2.24. The molecule has 0 bridgehead atoms. The van der Waals surface area contributed by atoms with Gasteiger partial charge in [0, 0.05) is 6.54 Å². The molecule has 1 amide bonds. The maximum absolute atomic E-state index is 11.7. The molecule has 110 valence electrons. The lowest BCUT2D eigenvalue weighted by molar-refractivity contribution is -0.142. The van der Waals surface area contributed by atoms with E-state index >= 15 is 0 Å². The minimum absolute atomic E-state index is 0.0613. The van der Waals surface area contributed by atoms with Crippen molar-refractivity contribution in [3.05, 3.63) is 0 Å². The fourth-order valence-corrected chi connectivity index (χ4v) is 1.36. The molecule has 0 rings (SSSR count). The van der Waals surface area contributed by atoms with Crippen molar-refractivity contribution in [1.82, 2.24) is 10.6 Å². The molecule has 0 fully saturated rings. The van der Waals surface area contributed by atoms with Crippen LogP contribution in [0.2, 0.25) is 0 Å². The number of hydrogen-bond donors (Lipinski definition) is 6. The summed E-state index contributed by atoms with van der Waals surface area (Å²) in [5, 5.41) is 20.9. The molecule has 2 atom stereocenters. The highest BCUT2D eigenvalue weighted by atomic mass is 16.4. The number of rotatable bonds is 8. The van der Waals surface area contributed by atoms with Crippen molar-refractivity contribution in [2.75, 3.05) is 6.54 Å². The van der Waals surface area contributed by atoms with Crippen LogP contribution in [-0.2, 0) is 9.59 Å². The Balaban J connectivity index is 4.23. The van der Waals surface area contributed by atoms with Crippen molar-refractivity contribution in [3.8, 4) is 0 Å². The molecule has 0 aromatic heterocycles. The van der Waals surface area contributed by atoms with E-state index in [0.717, 1.165) is 0 Å². The molecule has 0 heterocycles. The number of guanidine groups is 1. The molecule has 8 heteroatoms. The zero-order valence-corrected chi connectivity index (χ0v) is 11.3. The van der Waals surface area contributed by atoms with Gasteiger partial charge in [-0.25, -0.2) is 4.79 Å². The van der Waals surface area contributed by atoms with Gasteiger partial charge in [-0.05, 0) is 18.8 Å². The molecule has 0 aliphatic carbocycles. The van der Waals surface area contributed by atoms with Gasteiger partial charge < -0.3 is 27.2 Å². The number of carbonyl (C=O) groups is 2. The van der Waals surface area contributed by atoms with Gasteiger partial charge in [0.05, 0.1) is 6.04 Å². The van der Waals surface area contributed by atoms with Crippen molar-refractivity contribution in [2.24, 2.45) is 17.4 Å². The number of amides is 1. The van der Waals surface area contributed by atoms with Gasteiger partial charge in [0.2, 0.25) is 5.91 Å². The second-order valence-electron chi connectivity index (χ2n) is 4.65. The molecule has 0 unspecified atom stereocenters. The minimum Gasteiger partial charge on any atom is -0.480 e. The summed E-state index contributed by atoms with van der Waals surface area (Å²) in [5.41, 5.74) is 10.7. The zero-order valence-electron chi connectivity index (χ0n) is 11.3. The minimum atomic E-state index is -1.10. The van der Waals surface area contributed by atoms with Gasteiger partial charge in [0.15, 0.2) is 5.96 Å². The van der Waals surface area contributed by atoms with E-state index in [1.54, 1.807) is 13.8 Å². The van der Waals surface area contributed by atoms with E-state index in [1.165, 1.54) is 0 Å². The van der Waals surface area contributed by atoms with E-state index < -0.39 is 24.0 Å². The van der Waals surface area contributed by atoms with Crippen LogP contribution < -0.4 is 22.1 Å². The van der Waals surface area contributed by atoms with E-state index in [9.17, 15) is 9.59 Å². The summed E-state index contributed by atoms with van der Waals surface area (Å²) in [6.07, 6.45) is 0.708. The van der Waals surface area contributed by atoms with E-state index in [-0.39, 0.29) is 18.3 Å². The topological polar surface area (TPSA) is 154 Å². The molecule has 0 aliphatic heterocycles. The van der Waals surface area contributed by atoms with Crippen LogP contribution >= 0.6 is 0 Å². The fraction of sp³-hybridized carbons (Fsp3) is 0.727. The molecule has 0 spiro atoms. The fourth-order valence-electron chi connectivity index (χ4n) is 1.36. The Hall–Kier alpha value is -1.83. The summed E-state index contributed by atoms with van der Waals surface area (Å²) < 4.78 is 0. The number of nitrogens with one attached hydrogen (secondary N) is 3. The second-order valence-corrected chi connectivity index (χ2v) is 4.65. The molecule has 0 saturated heterocycles. The highest BCUT2D eigenvalue weighted by Crippen LogP contribution is 2.02. The average Bonchev–Trinajstić information content (AvgIpc) is 2.30. The van der Waals surface area contributed by atoms with Crippen LogP contribution in [-0.4, -0.2) is 41.6 Å². The van der Waals surface area contributed by atoms with Gasteiger partial charge >= 0.3 is 5.97 Å². The Morgan fingerprint density at radius 1 is 1.37 bits per heavy atom. The maximum Gasteiger partial charge on any atom is 0.326 e. The van der Waals surface area contributed by atoms with E-state index in [1.807, 2.05) is 0 Å². The Morgan fingerprint density at radius 2 is 1.95 bits per heavy atom. The summed E-state index contributed by atoms with van der Waals surface area (Å²) >= 11 is 0. The monoisotopic (exact) mass is 273 g/mol. The summed E-state index contributed by atoms with van der Waals surface area (Å²) in [5.74, 6) is -1.80. The summed E-state index contributed by atoms with van der Waals surface area (Å²) in [7, 11) is 0. The SMILES string of the molecule is CC(C)[C@H](N)C(=O)N[C@@H](CCCNC(=N)N)C(=O)O. The molecule has 8 N–H and O–H groups in total. The first-order chi connectivity index (χ1) is 8.75. The number of nitrogens with two attached hydrogens (primary N) is 2. The van der Waals surface area contributed by atoms with E-state index in [4.69, 9.17) is 22.0 Å². The van der Waals surface area contributed by atoms with Crippen LogP contribution in [0.25, 0.3) is 0 Å². The summed E-state index contributed by atoms with van der Waals surface area (Å²) in [6, 6.07) is -1.71. The smallest absolute Gasteiger partial charge is 0.326 e. The maximum atomic E-state index is 11.7. The van der Waals surface area contributed by atoms with Crippen LogP contribution in [0.4, 0.5) is 0 Å². The number of hydrogen-bond acceptors (Lipinski definition) is 4. The third-order valence-electron chi connectivity index (χ3n) is 2.62. The second kappa shape index (κ2) is 8.30. The molecular weight excluding hydrogens is 250 g/mol. The van der Waals surface area contributed by atoms with Gasteiger partial charge in [0.25, 0.3) is 0 Å². The normalized spacial score (nSPS) is 13.7. The van der Waals surface area contributed by atoms with Gasteiger partial charge in [-0.3, -0.25) is 10.2 Å². The van der Waals surface area contributed by atoms with Gasteiger partial charge in [0.1, 0.15) is 6.04 Å². The lowest BCUT2D eigenvalue weighted by Crippen LogP contribution is -2.50. The van der Waals surface area contributed by atoms with Crippen molar-refractivity contribution >= 4 is 17.8 Å². The van der Waals surface area contributed by atoms with Gasteiger partial charge in [-0.1, -0.05) is 13.8 Å². The van der Waals surface area contributed by atoms with Crippen LogP contribution in [0.1, 0.15) is 26.7 Å². The Kier molecular flexibility index (Phi) is 7.50. The lowest BCUT2D eigenvalue weighted by Gasteiger charge is -2.19. The van der Waals surface area contributed by atoms with Crippen LogP contribution in [0.5, 0.6) is 0 Å². The quantitative estimate of drug-likeness (QED) is 0.185. The molecule has 0 aliphatic rings. The highest BCUT2D eigenvalue weighted by molar-refractivity contribution is 5.86. The lowest BCUT2D eigenvalue weighted by atomic mass is 10.0. The average molecular weight is 273 g/mol. The Morgan fingerprint density at radius 3 is 2.37 bits per heavy atom. The van der Waals surface area contributed by atoms with E-state index in [0.29, 0.717) is 13.0 Å². The largest absolute Gasteiger partial charge is 0.480 e. The summed E-state index contributed by atoms with van der Waals surface area (Å²) in [6.45, 7) is 3.96. The predicted octanol–water partition coefficient (Wildman–Crippen LogP) is -1.20. The molecular formula is C11H23N5O3. The molecule has 0 radical (unpaired) electrons. The van der Waals surface area contributed by atoms with Crippen LogP contribution in [0, 0.1) is 11.3 Å². The number of carbonyl (C=O) groups excluding carboxylic acids is 1. The Labute approximate surface area is 112 Å². The third-order valence-corrected chi connectivity index (χ3v) is 2.62. The van der Waals surface area contributed by atoms with Crippen molar-refractivity contribution in [3.63, 3.8) is 0 Å². The number of carboxylic acid groups (broad SMARTS) is 1. The first-order valence-electron chi connectivity index (χ1n) is 6.12. The van der Waals surface area contributed by atoms with Gasteiger partial charge in [-0.15, -0.1) is 0 Å².